The molecule has 1 fully saturated rings. The van der Waals surface area contributed by atoms with E-state index in [1.165, 1.54) is 0 Å². The van der Waals surface area contributed by atoms with Crippen molar-refractivity contribution in [3.63, 3.8) is 0 Å². The maximum atomic E-state index is 12.1. The van der Waals surface area contributed by atoms with Crippen LogP contribution in [0.25, 0.3) is 0 Å². The molecule has 0 aromatic carbocycles. The van der Waals surface area contributed by atoms with Crippen LogP contribution in [0, 0.1) is 6.92 Å². The van der Waals surface area contributed by atoms with Crippen molar-refractivity contribution in [2.24, 2.45) is 0 Å². The summed E-state index contributed by atoms with van der Waals surface area (Å²) in [6.45, 7) is 3.93. The van der Waals surface area contributed by atoms with E-state index in [2.05, 4.69) is 5.32 Å². The van der Waals surface area contributed by atoms with E-state index < -0.39 is 0 Å². The van der Waals surface area contributed by atoms with E-state index in [4.69, 9.17) is 0 Å². The summed E-state index contributed by atoms with van der Waals surface area (Å²) in [6.07, 6.45) is 1.06. The first kappa shape index (κ1) is 10.6. The molecule has 2 heterocycles. The average Bonchev–Trinajstić information content (AvgIpc) is 2.85. The first-order chi connectivity index (χ1) is 7.20. The number of likely N-dealkylation sites (N-methyl/N-ethyl adjacent to an activating group) is 1. The minimum absolute atomic E-state index is 0.155. The molecule has 1 aliphatic rings. The molecule has 1 aliphatic heterocycles. The molecule has 15 heavy (non-hydrogen) atoms. The van der Waals surface area contributed by atoms with Crippen molar-refractivity contribution >= 4 is 17.2 Å². The van der Waals surface area contributed by atoms with Crippen LogP contribution in [0.3, 0.4) is 0 Å². The lowest BCUT2D eigenvalue weighted by Gasteiger charge is -2.23. The molecule has 1 N–H and O–H groups in total. The van der Waals surface area contributed by atoms with Crippen molar-refractivity contribution in [1.82, 2.24) is 10.2 Å². The Morgan fingerprint density at radius 2 is 2.40 bits per heavy atom. The molecular weight excluding hydrogens is 208 g/mol. The highest BCUT2D eigenvalue weighted by Gasteiger charge is 2.24. The fourth-order valence-corrected chi connectivity index (χ4v) is 2.73. The monoisotopic (exact) mass is 224 g/mol. The molecule has 3 nitrogen and oxygen atoms in total. The second-order valence-corrected chi connectivity index (χ2v) is 4.77. The Balaban J connectivity index is 2.10. The largest absolute Gasteiger partial charge is 0.337 e. The van der Waals surface area contributed by atoms with Crippen molar-refractivity contribution in [2.45, 2.75) is 19.4 Å². The number of carbonyl (C=O) groups excluding carboxylic acids is 1. The Morgan fingerprint density at radius 1 is 1.60 bits per heavy atom. The second-order valence-electron chi connectivity index (χ2n) is 4.03. The van der Waals surface area contributed by atoms with Gasteiger partial charge in [0.2, 0.25) is 0 Å². The van der Waals surface area contributed by atoms with Gasteiger partial charge < -0.3 is 10.2 Å². The molecule has 1 amide bonds. The summed E-state index contributed by atoms with van der Waals surface area (Å²) in [4.78, 5) is 14.0. The topological polar surface area (TPSA) is 32.3 Å². The zero-order chi connectivity index (χ0) is 10.8. The number of carbonyl (C=O) groups is 1. The number of amides is 1. The molecule has 1 unspecified atom stereocenters. The first-order valence-electron chi connectivity index (χ1n) is 5.21. The molecule has 0 aliphatic carbocycles. The van der Waals surface area contributed by atoms with Gasteiger partial charge in [-0.25, -0.2) is 0 Å². The summed E-state index contributed by atoms with van der Waals surface area (Å²) in [5.41, 5.74) is 1.94. The summed E-state index contributed by atoms with van der Waals surface area (Å²) in [5, 5.41) is 7.24. The van der Waals surface area contributed by atoms with Crippen LogP contribution in [-0.2, 0) is 0 Å². The van der Waals surface area contributed by atoms with E-state index in [-0.39, 0.29) is 5.91 Å². The lowest BCUT2D eigenvalue weighted by Crippen LogP contribution is -2.38. The molecule has 0 radical (unpaired) electrons. The third-order valence-electron chi connectivity index (χ3n) is 2.99. The molecule has 82 valence electrons. The Hall–Kier alpha value is -0.870. The Kier molecular flexibility index (Phi) is 3.07. The van der Waals surface area contributed by atoms with Gasteiger partial charge in [0, 0.05) is 25.0 Å². The SMILES string of the molecule is Cc1cscc1C(=O)N(C)C1CCNC1. The van der Waals surface area contributed by atoms with Crippen molar-refractivity contribution in [3.05, 3.63) is 21.9 Å². The maximum absolute atomic E-state index is 12.1. The molecule has 1 atom stereocenters. The third-order valence-corrected chi connectivity index (χ3v) is 3.85. The van der Waals surface area contributed by atoms with Crippen molar-refractivity contribution < 1.29 is 4.79 Å². The molecule has 1 saturated heterocycles. The normalized spacial score (nSPS) is 20.5. The summed E-state index contributed by atoms with van der Waals surface area (Å²) < 4.78 is 0. The van der Waals surface area contributed by atoms with Crippen LogP contribution in [0.15, 0.2) is 10.8 Å². The minimum Gasteiger partial charge on any atom is -0.337 e. The summed E-state index contributed by atoms with van der Waals surface area (Å²) >= 11 is 1.59. The fraction of sp³-hybridized carbons (Fsp3) is 0.545. The zero-order valence-electron chi connectivity index (χ0n) is 9.12. The number of rotatable bonds is 2. The van der Waals surface area contributed by atoms with E-state index in [0.717, 1.165) is 30.6 Å². The van der Waals surface area contributed by atoms with Crippen LogP contribution in [0.1, 0.15) is 22.3 Å². The average molecular weight is 224 g/mol. The quantitative estimate of drug-likeness (QED) is 0.825. The Morgan fingerprint density at radius 3 is 2.93 bits per heavy atom. The van der Waals surface area contributed by atoms with Crippen LogP contribution in [0.4, 0.5) is 0 Å². The molecule has 1 aromatic rings. The standard InChI is InChI=1S/C11H16N2OS/c1-8-6-15-7-10(8)11(14)13(2)9-3-4-12-5-9/h6-7,9,12H,3-5H2,1-2H3. The lowest BCUT2D eigenvalue weighted by atomic mass is 10.1. The van der Waals surface area contributed by atoms with E-state index in [0.29, 0.717) is 6.04 Å². The van der Waals surface area contributed by atoms with E-state index in [1.807, 2.05) is 29.6 Å². The number of hydrogen-bond acceptors (Lipinski definition) is 3. The summed E-state index contributed by atoms with van der Waals surface area (Å²) in [6, 6.07) is 0.358. The maximum Gasteiger partial charge on any atom is 0.255 e. The predicted octanol–water partition coefficient (Wildman–Crippen LogP) is 1.49. The third kappa shape index (κ3) is 2.06. The van der Waals surface area contributed by atoms with Crippen molar-refractivity contribution in [1.29, 1.82) is 0 Å². The predicted molar refractivity (Wildman–Crippen MR) is 62.4 cm³/mol. The van der Waals surface area contributed by atoms with Gasteiger partial charge in [0.25, 0.3) is 5.91 Å². The highest BCUT2D eigenvalue weighted by Crippen LogP contribution is 2.17. The minimum atomic E-state index is 0.155. The number of nitrogens with one attached hydrogen (secondary N) is 1. The summed E-state index contributed by atoms with van der Waals surface area (Å²) in [5.74, 6) is 0.155. The Bertz CT molecular complexity index is 355. The molecule has 1 aromatic heterocycles. The number of hydrogen-bond donors (Lipinski definition) is 1. The van der Waals surface area contributed by atoms with Gasteiger partial charge in [-0.2, -0.15) is 11.3 Å². The smallest absolute Gasteiger partial charge is 0.255 e. The molecule has 0 spiro atoms. The van der Waals surface area contributed by atoms with Crippen molar-refractivity contribution in [3.8, 4) is 0 Å². The van der Waals surface area contributed by atoms with Crippen LogP contribution >= 0.6 is 11.3 Å². The highest BCUT2D eigenvalue weighted by molar-refractivity contribution is 7.08. The van der Waals surface area contributed by atoms with Crippen LogP contribution in [0.2, 0.25) is 0 Å². The van der Waals surface area contributed by atoms with Gasteiger partial charge >= 0.3 is 0 Å². The first-order valence-corrected chi connectivity index (χ1v) is 6.15. The highest BCUT2D eigenvalue weighted by atomic mass is 32.1. The fourth-order valence-electron chi connectivity index (χ4n) is 1.91. The van der Waals surface area contributed by atoms with E-state index >= 15 is 0 Å². The van der Waals surface area contributed by atoms with Crippen LogP contribution in [0.5, 0.6) is 0 Å². The van der Waals surface area contributed by atoms with Gasteiger partial charge in [-0.1, -0.05) is 0 Å². The van der Waals surface area contributed by atoms with Gasteiger partial charge in [-0.3, -0.25) is 4.79 Å². The van der Waals surface area contributed by atoms with Gasteiger partial charge in [-0.15, -0.1) is 0 Å². The zero-order valence-corrected chi connectivity index (χ0v) is 9.93. The molecule has 4 heteroatoms. The van der Waals surface area contributed by atoms with Crippen LogP contribution < -0.4 is 5.32 Å². The molecule has 2 rings (SSSR count). The van der Waals surface area contributed by atoms with E-state index in [1.54, 1.807) is 11.3 Å². The molecule has 0 saturated carbocycles. The van der Waals surface area contributed by atoms with Gasteiger partial charge in [-0.05, 0) is 30.8 Å². The van der Waals surface area contributed by atoms with Crippen molar-refractivity contribution in [2.75, 3.05) is 20.1 Å². The van der Waals surface area contributed by atoms with Gasteiger partial charge in [0.05, 0.1) is 5.56 Å². The summed E-state index contributed by atoms with van der Waals surface area (Å²) in [7, 11) is 1.90. The second kappa shape index (κ2) is 4.33. The van der Waals surface area contributed by atoms with Crippen LogP contribution in [-0.4, -0.2) is 37.0 Å². The number of nitrogens with zero attached hydrogens (tertiary/aromatic N) is 1. The van der Waals surface area contributed by atoms with E-state index in [9.17, 15) is 4.79 Å². The molecular formula is C11H16N2OS. The number of thiophene rings is 1. The van der Waals surface area contributed by atoms with Gasteiger partial charge in [0.15, 0.2) is 0 Å². The number of aryl methyl sites for hydroxylation is 1. The van der Waals surface area contributed by atoms with Gasteiger partial charge in [0.1, 0.15) is 0 Å². The Labute approximate surface area is 94.1 Å². The molecule has 0 bridgehead atoms. The lowest BCUT2D eigenvalue weighted by molar-refractivity contribution is 0.0743.